The molecule has 0 atom stereocenters. The zero-order valence-electron chi connectivity index (χ0n) is 15.6. The van der Waals surface area contributed by atoms with E-state index in [4.69, 9.17) is 0 Å². The van der Waals surface area contributed by atoms with Crippen molar-refractivity contribution in [1.82, 2.24) is 10.3 Å². The van der Waals surface area contributed by atoms with Gasteiger partial charge in [0.2, 0.25) is 0 Å². The van der Waals surface area contributed by atoms with E-state index in [1.165, 1.54) is 0 Å². The maximum atomic E-state index is 12.2. The molecule has 1 heterocycles. The van der Waals surface area contributed by atoms with E-state index in [0.29, 0.717) is 17.8 Å². The van der Waals surface area contributed by atoms with E-state index in [1.54, 1.807) is 0 Å². The number of benzene rings is 2. The molecule has 2 N–H and O–H groups in total. The van der Waals surface area contributed by atoms with Gasteiger partial charge in [-0.1, -0.05) is 82.8 Å². The molecule has 1 aromatic heterocycles. The lowest BCUT2D eigenvalue weighted by Gasteiger charge is -2.07. The van der Waals surface area contributed by atoms with Gasteiger partial charge in [-0.25, -0.2) is 0 Å². The Labute approximate surface area is 150 Å². The lowest BCUT2D eigenvalue weighted by molar-refractivity contribution is 0.0961. The van der Waals surface area contributed by atoms with Crippen molar-refractivity contribution in [3.8, 4) is 0 Å². The lowest BCUT2D eigenvalue weighted by atomic mass is 10.1. The minimum Gasteiger partial charge on any atom is -0.351 e. The van der Waals surface area contributed by atoms with Crippen molar-refractivity contribution < 1.29 is 4.79 Å². The third-order valence-corrected chi connectivity index (χ3v) is 3.33. The number of allylic oxidation sites excluding steroid dienone is 1. The maximum absolute atomic E-state index is 12.2. The monoisotopic (exact) mass is 336 g/mol. The summed E-state index contributed by atoms with van der Waals surface area (Å²) >= 11 is 0. The molecule has 3 heteroatoms. The number of fused-ring (bicyclic) bond motifs is 1. The summed E-state index contributed by atoms with van der Waals surface area (Å²) < 4.78 is 0. The van der Waals surface area contributed by atoms with E-state index >= 15 is 0 Å². The topological polar surface area (TPSA) is 44.9 Å². The Hall–Kier alpha value is -2.81. The maximum Gasteiger partial charge on any atom is 0.271 e. The molecule has 3 rings (SSSR count). The van der Waals surface area contributed by atoms with E-state index < -0.39 is 0 Å². The second-order valence-electron chi connectivity index (χ2n) is 4.99. The Kier molecular flexibility index (Phi) is 8.80. The first-order valence-electron chi connectivity index (χ1n) is 8.83. The molecule has 0 unspecified atom stereocenters. The number of rotatable bonds is 4. The molecule has 3 aromatic rings. The molecule has 0 radical (unpaired) electrons. The highest BCUT2D eigenvalue weighted by Crippen LogP contribution is 2.15. The molecule has 2 aromatic carbocycles. The number of aromatic nitrogens is 1. The normalized spacial score (nSPS) is 9.28. The van der Waals surface area contributed by atoms with Gasteiger partial charge < -0.3 is 10.3 Å². The minimum absolute atomic E-state index is 0.160. The van der Waals surface area contributed by atoms with Gasteiger partial charge >= 0.3 is 0 Å². The summed E-state index contributed by atoms with van der Waals surface area (Å²) in [5, 5.41) is 3.87. The highest BCUT2D eigenvalue weighted by Gasteiger charge is 2.10. The molecule has 0 aliphatic rings. The molecular formula is C22H28N2O. The molecule has 0 aliphatic heterocycles. The second-order valence-corrected chi connectivity index (χ2v) is 4.99. The van der Waals surface area contributed by atoms with Gasteiger partial charge in [-0.05, 0) is 17.7 Å². The molecule has 3 nitrogen and oxygen atoms in total. The van der Waals surface area contributed by atoms with E-state index in [0.717, 1.165) is 16.5 Å². The minimum atomic E-state index is -0.160. The fourth-order valence-corrected chi connectivity index (χ4v) is 2.31. The smallest absolute Gasteiger partial charge is 0.271 e. The third-order valence-electron chi connectivity index (χ3n) is 3.33. The molecule has 0 spiro atoms. The summed E-state index contributed by atoms with van der Waals surface area (Å²) in [6.45, 7) is 11.9. The molecule has 0 saturated heterocycles. The van der Waals surface area contributed by atoms with Crippen LogP contribution in [0, 0.1) is 0 Å². The van der Waals surface area contributed by atoms with Crippen LogP contribution in [0.3, 0.4) is 0 Å². The highest BCUT2D eigenvalue weighted by atomic mass is 16.1. The molecule has 0 bridgehead atoms. The number of carbonyl (C=O) groups excluding carboxylic acids is 1. The van der Waals surface area contributed by atoms with E-state index in [1.807, 2.05) is 88.4 Å². The van der Waals surface area contributed by atoms with Crippen molar-refractivity contribution in [3.63, 3.8) is 0 Å². The van der Waals surface area contributed by atoms with Crippen LogP contribution in [0.25, 0.3) is 10.9 Å². The summed E-state index contributed by atoms with van der Waals surface area (Å²) in [5.41, 5.74) is 3.31. The molecule has 0 aliphatic carbocycles. The molecule has 0 saturated carbocycles. The fourth-order valence-electron chi connectivity index (χ4n) is 2.31. The van der Waals surface area contributed by atoms with Crippen molar-refractivity contribution >= 4 is 16.8 Å². The van der Waals surface area contributed by atoms with Gasteiger partial charge in [-0.15, -0.1) is 0 Å². The van der Waals surface area contributed by atoms with Crippen LogP contribution in [-0.2, 0) is 6.42 Å². The zero-order valence-corrected chi connectivity index (χ0v) is 15.6. The van der Waals surface area contributed by atoms with Gasteiger partial charge in [-0.2, -0.15) is 0 Å². The molecule has 25 heavy (non-hydrogen) atoms. The number of nitrogens with one attached hydrogen (secondary N) is 2. The van der Waals surface area contributed by atoms with Crippen LogP contribution in [-0.4, -0.2) is 10.9 Å². The SMILES string of the molecule is C=C(Cc1ccccc1)NC(=O)c1cc2ccccc2[nH]1.CC.CC. The predicted octanol–water partition coefficient (Wildman–Crippen LogP) is 5.71. The average Bonchev–Trinajstić information content (AvgIpc) is 3.10. The van der Waals surface area contributed by atoms with Gasteiger partial charge in [0.25, 0.3) is 5.91 Å². The predicted molar refractivity (Wildman–Crippen MR) is 108 cm³/mol. The highest BCUT2D eigenvalue weighted by molar-refractivity contribution is 5.98. The van der Waals surface area contributed by atoms with Crippen molar-refractivity contribution in [2.24, 2.45) is 0 Å². The third kappa shape index (κ3) is 5.96. The van der Waals surface area contributed by atoms with Crippen molar-refractivity contribution in [3.05, 3.63) is 84.2 Å². The zero-order chi connectivity index (χ0) is 18.7. The second kappa shape index (κ2) is 10.9. The van der Waals surface area contributed by atoms with Crippen molar-refractivity contribution in [2.45, 2.75) is 34.1 Å². The van der Waals surface area contributed by atoms with Gasteiger partial charge in [-0.3, -0.25) is 4.79 Å². The summed E-state index contributed by atoms with van der Waals surface area (Å²) in [4.78, 5) is 15.3. The van der Waals surface area contributed by atoms with Crippen molar-refractivity contribution in [1.29, 1.82) is 0 Å². The number of hydrogen-bond acceptors (Lipinski definition) is 1. The fraction of sp³-hybridized carbons (Fsp3) is 0.227. The first-order chi connectivity index (χ1) is 12.2. The molecule has 132 valence electrons. The standard InChI is InChI=1S/C18H16N2O.2C2H6/c1-13(11-14-7-3-2-4-8-14)19-18(21)17-12-15-9-5-6-10-16(15)20-17;2*1-2/h2-10,12,20H,1,11H2,(H,19,21);2*1-2H3. The Morgan fingerprint density at radius 2 is 1.56 bits per heavy atom. The first-order valence-corrected chi connectivity index (χ1v) is 8.83. The number of amides is 1. The lowest BCUT2D eigenvalue weighted by Crippen LogP contribution is -2.23. The Morgan fingerprint density at radius 1 is 0.960 bits per heavy atom. The Balaban J connectivity index is 0.000000730. The summed E-state index contributed by atoms with van der Waals surface area (Å²) in [6.07, 6.45) is 0.632. The summed E-state index contributed by atoms with van der Waals surface area (Å²) in [6, 6.07) is 19.6. The van der Waals surface area contributed by atoms with E-state index in [-0.39, 0.29) is 5.91 Å². The van der Waals surface area contributed by atoms with Crippen LogP contribution in [0.2, 0.25) is 0 Å². The van der Waals surface area contributed by atoms with Crippen LogP contribution in [0.4, 0.5) is 0 Å². The van der Waals surface area contributed by atoms with E-state index in [2.05, 4.69) is 16.9 Å². The summed E-state index contributed by atoms with van der Waals surface area (Å²) in [7, 11) is 0. The molecule has 0 fully saturated rings. The van der Waals surface area contributed by atoms with Crippen LogP contribution in [0.1, 0.15) is 43.7 Å². The molecular weight excluding hydrogens is 308 g/mol. The van der Waals surface area contributed by atoms with Crippen LogP contribution >= 0.6 is 0 Å². The van der Waals surface area contributed by atoms with Crippen LogP contribution in [0.15, 0.2) is 72.9 Å². The molecule has 1 amide bonds. The first kappa shape index (κ1) is 20.2. The Morgan fingerprint density at radius 3 is 2.20 bits per heavy atom. The number of H-pyrrole nitrogens is 1. The van der Waals surface area contributed by atoms with Crippen LogP contribution in [0.5, 0.6) is 0 Å². The van der Waals surface area contributed by atoms with E-state index in [9.17, 15) is 4.79 Å². The Bertz CT molecular complexity index is 755. The average molecular weight is 336 g/mol. The number of hydrogen-bond donors (Lipinski definition) is 2. The van der Waals surface area contributed by atoms with Gasteiger partial charge in [0.15, 0.2) is 0 Å². The van der Waals surface area contributed by atoms with Crippen LogP contribution < -0.4 is 5.32 Å². The van der Waals surface area contributed by atoms with Gasteiger partial charge in [0.1, 0.15) is 5.69 Å². The number of para-hydroxylation sites is 1. The van der Waals surface area contributed by atoms with Crippen molar-refractivity contribution in [2.75, 3.05) is 0 Å². The number of aromatic amines is 1. The summed E-state index contributed by atoms with van der Waals surface area (Å²) in [5.74, 6) is -0.160. The quantitative estimate of drug-likeness (QED) is 0.630. The van der Waals surface area contributed by atoms with Gasteiger partial charge in [0.05, 0.1) is 0 Å². The van der Waals surface area contributed by atoms with Gasteiger partial charge in [0, 0.05) is 23.0 Å². The largest absolute Gasteiger partial charge is 0.351 e. The number of carbonyl (C=O) groups is 1.